The van der Waals surface area contributed by atoms with E-state index in [4.69, 9.17) is 0 Å². The van der Waals surface area contributed by atoms with Gasteiger partial charge in [0.15, 0.2) is 0 Å². The highest BCUT2D eigenvalue weighted by molar-refractivity contribution is 6.27. The summed E-state index contributed by atoms with van der Waals surface area (Å²) >= 11 is 0. The van der Waals surface area contributed by atoms with Gasteiger partial charge in [0.1, 0.15) is 11.6 Å². The fraction of sp³-hybridized carbons (Fsp3) is 0.125. The lowest BCUT2D eigenvalue weighted by Crippen LogP contribution is -2.14. The number of rotatable bonds is 5. The van der Waals surface area contributed by atoms with Crippen molar-refractivity contribution >= 4 is 49.4 Å². The van der Waals surface area contributed by atoms with Crippen molar-refractivity contribution in [3.05, 3.63) is 114 Å². The summed E-state index contributed by atoms with van der Waals surface area (Å²) in [4.78, 5) is 2.13. The molecule has 1 aliphatic heterocycles. The zero-order valence-electron chi connectivity index (χ0n) is 19.7. The van der Waals surface area contributed by atoms with Crippen molar-refractivity contribution in [2.45, 2.75) is 12.8 Å². The SMILES string of the molecule is Fc1cccc(CCNc2ccc3ccc4c(N5CCc6cccc(F)c65)ccc5ccc2c3c54)c1. The summed E-state index contributed by atoms with van der Waals surface area (Å²) in [5, 5.41) is 10.7. The molecule has 0 saturated heterocycles. The Bertz CT molecular complexity index is 1760. The Morgan fingerprint density at radius 1 is 0.750 bits per heavy atom. The first-order valence-corrected chi connectivity index (χ1v) is 12.4. The average molecular weight is 475 g/mol. The van der Waals surface area contributed by atoms with Gasteiger partial charge in [0.2, 0.25) is 0 Å². The van der Waals surface area contributed by atoms with Gasteiger partial charge in [-0.15, -0.1) is 0 Å². The van der Waals surface area contributed by atoms with E-state index >= 15 is 0 Å². The molecule has 0 saturated carbocycles. The van der Waals surface area contributed by atoms with Crippen molar-refractivity contribution in [2.75, 3.05) is 23.3 Å². The van der Waals surface area contributed by atoms with E-state index in [2.05, 4.69) is 58.7 Å². The van der Waals surface area contributed by atoms with Crippen LogP contribution in [0, 0.1) is 11.6 Å². The van der Waals surface area contributed by atoms with Gasteiger partial charge < -0.3 is 10.2 Å². The molecule has 6 aromatic rings. The van der Waals surface area contributed by atoms with E-state index in [0.29, 0.717) is 12.2 Å². The molecule has 0 amide bonds. The first kappa shape index (κ1) is 21.1. The molecule has 0 unspecified atom stereocenters. The molecule has 0 radical (unpaired) electrons. The van der Waals surface area contributed by atoms with Crippen LogP contribution in [0.3, 0.4) is 0 Å². The highest BCUT2D eigenvalue weighted by Gasteiger charge is 2.26. The Balaban J connectivity index is 1.32. The van der Waals surface area contributed by atoms with E-state index in [1.807, 2.05) is 12.1 Å². The fourth-order valence-electron chi connectivity index (χ4n) is 5.86. The van der Waals surface area contributed by atoms with Crippen LogP contribution >= 0.6 is 0 Å². The second-order valence-corrected chi connectivity index (χ2v) is 9.58. The van der Waals surface area contributed by atoms with Gasteiger partial charge in [0, 0.05) is 35.2 Å². The Labute approximate surface area is 208 Å². The van der Waals surface area contributed by atoms with Crippen molar-refractivity contribution in [3.63, 3.8) is 0 Å². The predicted octanol–water partition coefficient (Wildman–Crippen LogP) is 8.21. The smallest absolute Gasteiger partial charge is 0.147 e. The lowest BCUT2D eigenvalue weighted by Gasteiger charge is -2.24. The number of benzene rings is 6. The van der Waals surface area contributed by atoms with Gasteiger partial charge in [-0.05, 0) is 75.8 Å². The van der Waals surface area contributed by atoms with Crippen LogP contribution in [-0.4, -0.2) is 13.1 Å². The van der Waals surface area contributed by atoms with E-state index in [9.17, 15) is 8.78 Å². The molecule has 4 heteroatoms. The molecule has 1 aliphatic rings. The van der Waals surface area contributed by atoms with E-state index in [-0.39, 0.29) is 11.6 Å². The van der Waals surface area contributed by atoms with Crippen LogP contribution in [-0.2, 0) is 12.8 Å². The number of fused-ring (bicyclic) bond motifs is 1. The van der Waals surface area contributed by atoms with Crippen molar-refractivity contribution < 1.29 is 8.78 Å². The van der Waals surface area contributed by atoms with E-state index in [1.54, 1.807) is 24.3 Å². The zero-order chi connectivity index (χ0) is 24.2. The third-order valence-corrected chi connectivity index (χ3v) is 7.50. The molecule has 0 atom stereocenters. The molecular formula is C32H24F2N2. The highest BCUT2D eigenvalue weighted by atomic mass is 19.1. The predicted molar refractivity (Wildman–Crippen MR) is 146 cm³/mol. The number of halogens is 2. The summed E-state index contributed by atoms with van der Waals surface area (Å²) in [5.74, 6) is -0.368. The highest BCUT2D eigenvalue weighted by Crippen LogP contribution is 2.44. The number of hydrogen-bond donors (Lipinski definition) is 1. The minimum absolute atomic E-state index is 0.166. The van der Waals surface area contributed by atoms with Crippen LogP contribution in [0.2, 0.25) is 0 Å². The zero-order valence-corrected chi connectivity index (χ0v) is 19.7. The van der Waals surface area contributed by atoms with Crippen LogP contribution < -0.4 is 10.2 Å². The summed E-state index contributed by atoms with van der Waals surface area (Å²) in [6.45, 7) is 1.48. The third kappa shape index (κ3) is 3.29. The molecule has 2 nitrogen and oxygen atoms in total. The molecule has 6 aromatic carbocycles. The molecule has 7 rings (SSSR count). The van der Waals surface area contributed by atoms with Crippen LogP contribution in [0.4, 0.5) is 25.8 Å². The molecular weight excluding hydrogens is 450 g/mol. The van der Waals surface area contributed by atoms with Crippen molar-refractivity contribution in [1.82, 2.24) is 0 Å². The summed E-state index contributed by atoms with van der Waals surface area (Å²) in [5.41, 5.74) is 4.85. The first-order chi connectivity index (χ1) is 17.7. The second-order valence-electron chi connectivity index (χ2n) is 9.58. The summed E-state index contributed by atoms with van der Waals surface area (Å²) in [6, 6.07) is 29.4. The molecule has 36 heavy (non-hydrogen) atoms. The van der Waals surface area contributed by atoms with Gasteiger partial charge >= 0.3 is 0 Å². The molecule has 0 aromatic heterocycles. The molecule has 0 fully saturated rings. The number of anilines is 3. The largest absolute Gasteiger partial charge is 0.384 e. The summed E-state index contributed by atoms with van der Waals surface area (Å²) in [7, 11) is 0. The maximum atomic E-state index is 14.9. The van der Waals surface area contributed by atoms with Crippen LogP contribution in [0.1, 0.15) is 11.1 Å². The van der Waals surface area contributed by atoms with Gasteiger partial charge in [-0.1, -0.05) is 60.7 Å². The third-order valence-electron chi connectivity index (χ3n) is 7.50. The van der Waals surface area contributed by atoms with Gasteiger partial charge in [-0.2, -0.15) is 0 Å². The molecule has 176 valence electrons. The van der Waals surface area contributed by atoms with E-state index in [0.717, 1.165) is 52.7 Å². The molecule has 0 spiro atoms. The van der Waals surface area contributed by atoms with Crippen molar-refractivity contribution in [2.24, 2.45) is 0 Å². The average Bonchev–Trinajstić information content (AvgIpc) is 3.33. The molecule has 0 aliphatic carbocycles. The van der Waals surface area contributed by atoms with Gasteiger partial charge in [-0.3, -0.25) is 0 Å². The Kier molecular flexibility index (Phi) is 4.81. The van der Waals surface area contributed by atoms with Gasteiger partial charge in [0.25, 0.3) is 0 Å². The van der Waals surface area contributed by atoms with Gasteiger partial charge in [-0.25, -0.2) is 8.78 Å². The monoisotopic (exact) mass is 474 g/mol. The fourth-order valence-corrected chi connectivity index (χ4v) is 5.86. The topological polar surface area (TPSA) is 15.3 Å². The van der Waals surface area contributed by atoms with Crippen LogP contribution in [0.25, 0.3) is 32.3 Å². The Morgan fingerprint density at radius 3 is 2.36 bits per heavy atom. The second kappa shape index (κ2) is 8.20. The maximum Gasteiger partial charge on any atom is 0.147 e. The molecule has 1 N–H and O–H groups in total. The van der Waals surface area contributed by atoms with E-state index < -0.39 is 0 Å². The Morgan fingerprint density at radius 2 is 1.50 bits per heavy atom. The quantitative estimate of drug-likeness (QED) is 0.253. The maximum absolute atomic E-state index is 14.9. The van der Waals surface area contributed by atoms with Crippen LogP contribution in [0.15, 0.2) is 91.0 Å². The lowest BCUT2D eigenvalue weighted by atomic mass is 9.92. The summed E-state index contributed by atoms with van der Waals surface area (Å²) in [6.07, 6.45) is 1.58. The van der Waals surface area contributed by atoms with Crippen molar-refractivity contribution in [1.29, 1.82) is 0 Å². The van der Waals surface area contributed by atoms with E-state index in [1.165, 1.54) is 27.6 Å². The molecule has 1 heterocycles. The lowest BCUT2D eigenvalue weighted by molar-refractivity contribution is 0.625. The summed E-state index contributed by atoms with van der Waals surface area (Å²) < 4.78 is 28.4. The molecule has 0 bridgehead atoms. The minimum atomic E-state index is -0.202. The number of nitrogens with one attached hydrogen (secondary N) is 1. The normalized spacial score (nSPS) is 13.2. The standard InChI is InChI=1S/C32H24F2N2/c33-24-5-1-3-20(19-24)15-17-35-28-13-9-21-8-12-26-29(14-10-22-7-11-25(28)30(21)31(22)26)36-18-16-23-4-2-6-27(34)32(23)36/h1-14,19,35H,15-18H2. The Hall–Kier alpha value is -4.18. The number of hydrogen-bond acceptors (Lipinski definition) is 2. The minimum Gasteiger partial charge on any atom is -0.384 e. The van der Waals surface area contributed by atoms with Crippen molar-refractivity contribution in [3.8, 4) is 0 Å². The van der Waals surface area contributed by atoms with Crippen LogP contribution in [0.5, 0.6) is 0 Å². The van der Waals surface area contributed by atoms with Gasteiger partial charge in [0.05, 0.1) is 5.69 Å². The first-order valence-electron chi connectivity index (χ1n) is 12.4. The number of nitrogens with zero attached hydrogens (tertiary/aromatic N) is 1. The number of para-hydroxylation sites is 1.